The lowest BCUT2D eigenvalue weighted by molar-refractivity contribution is -0.137. The number of para-hydroxylation sites is 2. The van der Waals surface area contributed by atoms with Crippen molar-refractivity contribution in [3.63, 3.8) is 0 Å². The summed E-state index contributed by atoms with van der Waals surface area (Å²) in [7, 11) is 3.23. The number of fused-ring (bicyclic) bond motifs is 4. The Morgan fingerprint density at radius 3 is 1.13 bits per heavy atom. The molecule has 0 atom stereocenters. The summed E-state index contributed by atoms with van der Waals surface area (Å²) in [6, 6.07) is 16.4. The molecule has 4 bridgehead atoms. The molecule has 60 heavy (non-hydrogen) atoms. The van der Waals surface area contributed by atoms with Gasteiger partial charge in [-0.3, -0.25) is 38.8 Å². The van der Waals surface area contributed by atoms with Crippen LogP contribution in [-0.4, -0.2) is 143 Å². The average molecular weight is 813 g/mol. The summed E-state index contributed by atoms with van der Waals surface area (Å²) in [5.74, 6) is -0.852. The van der Waals surface area contributed by atoms with Crippen molar-refractivity contribution < 1.29 is 19.2 Å². The fourth-order valence-electron chi connectivity index (χ4n) is 10.3. The fourth-order valence-corrected chi connectivity index (χ4v) is 10.3. The summed E-state index contributed by atoms with van der Waals surface area (Å²) in [6.45, 7) is 7.69. The highest BCUT2D eigenvalue weighted by atomic mass is 16.2. The second kappa shape index (κ2) is 17.4. The molecule has 12 nitrogen and oxygen atoms in total. The van der Waals surface area contributed by atoms with Crippen molar-refractivity contribution in [1.29, 1.82) is 0 Å². The number of carbonyl (C=O) groups is 4. The van der Waals surface area contributed by atoms with E-state index in [-0.39, 0.29) is 23.6 Å². The molecule has 11 rings (SSSR count). The molecule has 2 saturated heterocycles. The molecular formula is C48H60N8O4. The first-order valence-electron chi connectivity index (χ1n) is 22.6. The number of likely N-dealkylation sites (N-methyl/N-ethyl adjacent to an activating group) is 2. The third-order valence-electron chi connectivity index (χ3n) is 13.8. The number of benzene rings is 2. The highest BCUT2D eigenvalue weighted by Crippen LogP contribution is 2.40. The van der Waals surface area contributed by atoms with Crippen molar-refractivity contribution in [3.05, 3.63) is 82.4 Å². The number of carbonyl (C=O) groups excluding carboxylic acids is 4. The normalized spacial score (nSPS) is 23.6. The number of H-pyrrole nitrogens is 2. The Morgan fingerprint density at radius 1 is 0.417 bits per heavy atom. The van der Waals surface area contributed by atoms with Crippen LogP contribution in [0, 0.1) is 0 Å². The number of nitrogens with zero attached hydrogens (tertiary/aromatic N) is 6. The minimum Gasteiger partial charge on any atom is -0.364 e. The quantitative estimate of drug-likeness (QED) is 0.208. The molecule has 7 aliphatic rings. The van der Waals surface area contributed by atoms with Crippen LogP contribution in [0.4, 0.5) is 0 Å². The van der Waals surface area contributed by atoms with Crippen LogP contribution < -0.4 is 0 Å². The first-order chi connectivity index (χ1) is 29.3. The Labute approximate surface area is 353 Å². The minimum absolute atomic E-state index is 0.212. The largest absolute Gasteiger partial charge is 0.364 e. The number of nitrogens with one attached hydrogen (secondary N) is 2. The molecule has 0 aliphatic carbocycles. The molecule has 12 heteroatoms. The van der Waals surface area contributed by atoms with Gasteiger partial charge in [0.2, 0.25) is 0 Å². The molecule has 0 saturated carbocycles. The molecule has 2 aromatic carbocycles. The molecule has 0 unspecified atom stereocenters. The summed E-state index contributed by atoms with van der Waals surface area (Å²) in [6.07, 6.45) is 13.2. The van der Waals surface area contributed by atoms with Crippen LogP contribution in [0.2, 0.25) is 0 Å². The van der Waals surface area contributed by atoms with Crippen molar-refractivity contribution in [2.45, 2.75) is 77.0 Å². The maximum atomic E-state index is 14.0. The van der Waals surface area contributed by atoms with E-state index in [0.717, 1.165) is 122 Å². The van der Waals surface area contributed by atoms with Gasteiger partial charge in [0.1, 0.15) is 11.4 Å². The Balaban J connectivity index is 0.958. The number of hydrogen-bond donors (Lipinski definition) is 2. The van der Waals surface area contributed by atoms with Crippen molar-refractivity contribution in [2.24, 2.45) is 0 Å². The average Bonchev–Trinajstić information content (AvgIpc) is 3.95. The predicted octanol–water partition coefficient (Wildman–Crippen LogP) is 6.00. The van der Waals surface area contributed by atoms with Crippen LogP contribution in [0.1, 0.15) is 86.7 Å². The van der Waals surface area contributed by atoms with Gasteiger partial charge in [-0.2, -0.15) is 0 Å². The third-order valence-corrected chi connectivity index (χ3v) is 13.8. The minimum atomic E-state index is -0.214. The van der Waals surface area contributed by atoms with Gasteiger partial charge in [0, 0.05) is 124 Å². The molecule has 0 spiro atoms. The van der Waals surface area contributed by atoms with Gasteiger partial charge in [-0.1, -0.05) is 87.8 Å². The summed E-state index contributed by atoms with van der Waals surface area (Å²) in [5.41, 5.74) is 8.13. The zero-order chi connectivity index (χ0) is 41.3. The molecule has 9 heterocycles. The number of imide groups is 2. The summed E-state index contributed by atoms with van der Waals surface area (Å²) in [5, 5.41) is 2.01. The van der Waals surface area contributed by atoms with E-state index >= 15 is 0 Å². The van der Waals surface area contributed by atoms with Crippen LogP contribution >= 0.6 is 0 Å². The molecule has 7 aliphatic heterocycles. The molecule has 2 aromatic heterocycles. The van der Waals surface area contributed by atoms with Crippen LogP contribution in [0.5, 0.6) is 0 Å². The van der Waals surface area contributed by atoms with E-state index in [1.165, 1.54) is 48.3 Å². The SMILES string of the molecule is CN1C(=O)C2=C(C1=O)N1CCN(CCN3CCN(CC3)C3=C(C(=O)N(C)C3=O)c3c([nH]c4ccccc34)CCCCCCCCCCCCc3[nH]c4ccccc4c32)CC1. The third kappa shape index (κ3) is 7.57. The summed E-state index contributed by atoms with van der Waals surface area (Å²) >= 11 is 0. The van der Waals surface area contributed by atoms with Gasteiger partial charge in [0.25, 0.3) is 23.6 Å². The predicted molar refractivity (Wildman–Crippen MR) is 236 cm³/mol. The van der Waals surface area contributed by atoms with Gasteiger partial charge in [-0.05, 0) is 37.8 Å². The maximum Gasteiger partial charge on any atom is 0.277 e. The first-order valence-corrected chi connectivity index (χ1v) is 22.6. The molecule has 2 fully saturated rings. The first kappa shape index (κ1) is 40.2. The molecule has 4 amide bonds. The molecule has 316 valence electrons. The van der Waals surface area contributed by atoms with E-state index in [4.69, 9.17) is 0 Å². The molecule has 4 aromatic rings. The van der Waals surface area contributed by atoms with Gasteiger partial charge in [0.15, 0.2) is 0 Å². The van der Waals surface area contributed by atoms with Crippen molar-refractivity contribution in [1.82, 2.24) is 39.4 Å². The van der Waals surface area contributed by atoms with E-state index in [0.29, 0.717) is 48.7 Å². The topological polar surface area (TPSA) is 119 Å². The standard InChI is InChI=1S/C48H60N8O4/c1-51-45(57)41-39-33-17-13-15-19-35(33)49-37(39)21-11-9-7-5-3-4-6-8-10-12-22-38-40(34-18-14-16-20-36(34)50-38)42-44(48(60)52(2)46(42)58)56-31-27-54(28-32-56)24-23-53-25-29-55(30-26-53)43(41)47(51)59/h13-20,49-50H,3-12,21-32H2,1-2H3. The molecular weight excluding hydrogens is 753 g/mol. The number of piperazine rings is 2. The van der Waals surface area contributed by atoms with Crippen LogP contribution in [-0.2, 0) is 32.0 Å². The van der Waals surface area contributed by atoms with Crippen LogP contribution in [0.3, 0.4) is 0 Å². The zero-order valence-corrected chi connectivity index (χ0v) is 35.5. The van der Waals surface area contributed by atoms with E-state index < -0.39 is 0 Å². The van der Waals surface area contributed by atoms with Crippen molar-refractivity contribution in [2.75, 3.05) is 79.5 Å². The van der Waals surface area contributed by atoms with Crippen molar-refractivity contribution >= 4 is 56.6 Å². The lowest BCUT2D eigenvalue weighted by atomic mass is 9.96. The van der Waals surface area contributed by atoms with Gasteiger partial charge in [0.05, 0.1) is 11.1 Å². The van der Waals surface area contributed by atoms with Gasteiger partial charge < -0.3 is 19.8 Å². The van der Waals surface area contributed by atoms with Crippen molar-refractivity contribution in [3.8, 4) is 0 Å². The van der Waals surface area contributed by atoms with Gasteiger partial charge >= 0.3 is 0 Å². The monoisotopic (exact) mass is 812 g/mol. The van der Waals surface area contributed by atoms with Gasteiger partial charge in [-0.25, -0.2) is 0 Å². The van der Waals surface area contributed by atoms with E-state index in [2.05, 4.69) is 53.8 Å². The number of aromatic nitrogens is 2. The van der Waals surface area contributed by atoms with E-state index in [1.54, 1.807) is 14.1 Å². The number of rotatable bonds is 0. The number of hydrogen-bond acceptors (Lipinski definition) is 8. The number of aryl methyl sites for hydroxylation is 2. The second-order valence-electron chi connectivity index (χ2n) is 17.5. The maximum absolute atomic E-state index is 14.0. The Kier molecular flexibility index (Phi) is 11.7. The van der Waals surface area contributed by atoms with Gasteiger partial charge in [-0.15, -0.1) is 0 Å². The Bertz CT molecular complexity index is 2190. The van der Waals surface area contributed by atoms with Crippen LogP contribution in [0.25, 0.3) is 33.0 Å². The smallest absolute Gasteiger partial charge is 0.277 e. The molecule has 2 N–H and O–H groups in total. The number of aromatic amines is 2. The summed E-state index contributed by atoms with van der Waals surface area (Å²) < 4.78 is 0. The van der Waals surface area contributed by atoms with E-state index in [9.17, 15) is 19.2 Å². The fraction of sp³-hybridized carbons (Fsp3) is 0.500. The lowest BCUT2D eigenvalue weighted by Crippen LogP contribution is -2.52. The van der Waals surface area contributed by atoms with E-state index in [1.807, 2.05) is 24.3 Å². The highest BCUT2D eigenvalue weighted by molar-refractivity contribution is 6.38. The molecule has 0 radical (unpaired) electrons. The zero-order valence-electron chi connectivity index (χ0n) is 35.5. The lowest BCUT2D eigenvalue weighted by Gasteiger charge is -2.39. The highest BCUT2D eigenvalue weighted by Gasteiger charge is 2.43. The number of amides is 4. The Hall–Kier alpha value is -5.20. The second-order valence-corrected chi connectivity index (χ2v) is 17.5. The summed E-state index contributed by atoms with van der Waals surface area (Å²) in [4.78, 5) is 74.9. The Morgan fingerprint density at radius 2 is 0.750 bits per heavy atom. The van der Waals surface area contributed by atoms with Crippen LogP contribution in [0.15, 0.2) is 59.9 Å².